The third-order valence-electron chi connectivity index (χ3n) is 5.98. The largest absolute Gasteiger partial charge is 0.377 e. The van der Waals surface area contributed by atoms with Gasteiger partial charge in [0.2, 0.25) is 0 Å². The molecule has 2 saturated heterocycles. The van der Waals surface area contributed by atoms with Crippen molar-refractivity contribution in [3.63, 3.8) is 0 Å². The van der Waals surface area contributed by atoms with Crippen LogP contribution in [0.4, 0.5) is 8.78 Å². The van der Waals surface area contributed by atoms with Crippen molar-refractivity contribution in [3.8, 4) is 0 Å². The van der Waals surface area contributed by atoms with Crippen LogP contribution in [0.15, 0.2) is 30.7 Å². The molecule has 1 amide bonds. The molecule has 9 heteroatoms. The number of likely N-dealkylation sites (tertiary alicyclic amines) is 1. The van der Waals surface area contributed by atoms with E-state index in [0.29, 0.717) is 39.3 Å². The second-order valence-electron chi connectivity index (χ2n) is 8.09. The normalized spacial score (nSPS) is 24.1. The van der Waals surface area contributed by atoms with Gasteiger partial charge in [0.05, 0.1) is 24.9 Å². The average Bonchev–Trinajstić information content (AvgIpc) is 3.15. The first-order chi connectivity index (χ1) is 14.5. The van der Waals surface area contributed by atoms with Gasteiger partial charge in [-0.25, -0.2) is 8.78 Å². The number of nitrogens with zero attached hydrogens (tertiary/aromatic N) is 4. The molecule has 0 saturated carbocycles. The summed E-state index contributed by atoms with van der Waals surface area (Å²) in [5.74, 6) is -0.407. The molecular formula is C21H26F2N4O3. The van der Waals surface area contributed by atoms with Crippen molar-refractivity contribution in [2.75, 3.05) is 26.3 Å². The molecule has 2 aliphatic heterocycles. The van der Waals surface area contributed by atoms with E-state index in [4.69, 9.17) is 9.47 Å². The molecule has 7 nitrogen and oxygen atoms in total. The summed E-state index contributed by atoms with van der Waals surface area (Å²) < 4.78 is 40.0. The van der Waals surface area contributed by atoms with E-state index in [1.165, 1.54) is 17.9 Å². The number of pyridine rings is 1. The van der Waals surface area contributed by atoms with E-state index in [1.807, 2.05) is 12.1 Å². The number of aryl methyl sites for hydroxylation is 1. The smallest absolute Gasteiger partial charge is 0.282 e. The highest BCUT2D eigenvalue weighted by atomic mass is 19.3. The van der Waals surface area contributed by atoms with E-state index in [1.54, 1.807) is 17.3 Å². The van der Waals surface area contributed by atoms with Crippen molar-refractivity contribution < 1.29 is 23.0 Å². The maximum Gasteiger partial charge on any atom is 0.282 e. The van der Waals surface area contributed by atoms with Crippen molar-refractivity contribution >= 4 is 5.91 Å². The second kappa shape index (κ2) is 8.77. The highest BCUT2D eigenvalue weighted by Crippen LogP contribution is 2.41. The Bertz CT molecular complexity index is 876. The molecule has 0 spiro atoms. The molecular weight excluding hydrogens is 394 g/mol. The van der Waals surface area contributed by atoms with Crippen LogP contribution in [0.2, 0.25) is 0 Å². The van der Waals surface area contributed by atoms with Crippen molar-refractivity contribution in [2.45, 2.75) is 38.4 Å². The molecule has 162 valence electrons. The van der Waals surface area contributed by atoms with E-state index in [0.717, 1.165) is 18.4 Å². The van der Waals surface area contributed by atoms with Crippen molar-refractivity contribution in [1.29, 1.82) is 0 Å². The molecule has 0 radical (unpaired) electrons. The summed E-state index contributed by atoms with van der Waals surface area (Å²) in [4.78, 5) is 18.8. The molecule has 0 unspecified atom stereocenters. The van der Waals surface area contributed by atoms with Crippen LogP contribution in [0.25, 0.3) is 0 Å². The molecule has 2 atom stereocenters. The van der Waals surface area contributed by atoms with Gasteiger partial charge < -0.3 is 14.4 Å². The van der Waals surface area contributed by atoms with Gasteiger partial charge in [0.15, 0.2) is 0 Å². The number of carbonyl (C=O) groups is 1. The number of carbonyl (C=O) groups excluding carboxylic acids is 1. The van der Waals surface area contributed by atoms with Gasteiger partial charge in [-0.2, -0.15) is 5.10 Å². The number of piperidine rings is 1. The maximum absolute atomic E-state index is 13.3. The van der Waals surface area contributed by atoms with Crippen LogP contribution in [-0.4, -0.2) is 58.0 Å². The van der Waals surface area contributed by atoms with Crippen LogP contribution in [-0.2, 0) is 23.1 Å². The molecule has 2 aromatic heterocycles. The third kappa shape index (κ3) is 4.22. The van der Waals surface area contributed by atoms with Crippen LogP contribution >= 0.6 is 0 Å². The fourth-order valence-corrected chi connectivity index (χ4v) is 4.53. The standard InChI is InChI=1S/C21H26F2N4O3/c1-26-11-16(18(25-26)19(22)23)20(28)27-9-5-17-21(13-27,6-2-10-30-17)14-29-12-15-3-7-24-8-4-15/h3-4,7-8,11,17,19H,2,5-6,9-10,12-14H2,1H3/t17-,21-/m1/s1. The molecule has 0 aliphatic carbocycles. The molecule has 30 heavy (non-hydrogen) atoms. The van der Waals surface area contributed by atoms with Gasteiger partial charge in [0.1, 0.15) is 5.69 Å². The van der Waals surface area contributed by atoms with Crippen LogP contribution in [0.5, 0.6) is 0 Å². The van der Waals surface area contributed by atoms with E-state index in [2.05, 4.69) is 10.1 Å². The van der Waals surface area contributed by atoms with Gasteiger partial charge in [-0.1, -0.05) is 0 Å². The number of amides is 1. The summed E-state index contributed by atoms with van der Waals surface area (Å²) in [6.07, 6.45) is 4.43. The summed E-state index contributed by atoms with van der Waals surface area (Å²) in [6, 6.07) is 3.80. The number of hydrogen-bond donors (Lipinski definition) is 0. The van der Waals surface area contributed by atoms with Crippen LogP contribution in [0.3, 0.4) is 0 Å². The summed E-state index contributed by atoms with van der Waals surface area (Å²) in [5.41, 5.74) is 0.185. The average molecular weight is 420 g/mol. The highest BCUT2D eigenvalue weighted by Gasteiger charge is 2.47. The Labute approximate surface area is 174 Å². The molecule has 4 rings (SSSR count). The van der Waals surface area contributed by atoms with Gasteiger partial charge >= 0.3 is 0 Å². The Kier molecular flexibility index (Phi) is 6.10. The van der Waals surface area contributed by atoms with E-state index < -0.39 is 18.0 Å². The van der Waals surface area contributed by atoms with Gasteiger partial charge in [0, 0.05) is 50.7 Å². The predicted octanol–water partition coefficient (Wildman–Crippen LogP) is 2.98. The molecule has 0 N–H and O–H groups in total. The van der Waals surface area contributed by atoms with E-state index in [9.17, 15) is 13.6 Å². The van der Waals surface area contributed by atoms with Crippen LogP contribution in [0, 0.1) is 5.41 Å². The Morgan fingerprint density at radius 3 is 2.97 bits per heavy atom. The van der Waals surface area contributed by atoms with Crippen molar-refractivity contribution in [3.05, 3.63) is 47.5 Å². The third-order valence-corrected chi connectivity index (χ3v) is 5.98. The quantitative estimate of drug-likeness (QED) is 0.719. The lowest BCUT2D eigenvalue weighted by molar-refractivity contribution is -0.148. The lowest BCUT2D eigenvalue weighted by atomic mass is 9.73. The zero-order valence-electron chi connectivity index (χ0n) is 17.0. The monoisotopic (exact) mass is 420 g/mol. The van der Waals surface area contributed by atoms with Crippen LogP contribution in [0.1, 0.15) is 47.3 Å². The second-order valence-corrected chi connectivity index (χ2v) is 8.09. The number of fused-ring (bicyclic) bond motifs is 1. The predicted molar refractivity (Wildman–Crippen MR) is 104 cm³/mol. The van der Waals surface area contributed by atoms with Gasteiger partial charge in [-0.15, -0.1) is 0 Å². The highest BCUT2D eigenvalue weighted by molar-refractivity contribution is 5.95. The molecule has 0 aromatic carbocycles. The Balaban J connectivity index is 1.49. The lowest BCUT2D eigenvalue weighted by Crippen LogP contribution is -2.58. The number of alkyl halides is 2. The maximum atomic E-state index is 13.3. The summed E-state index contributed by atoms with van der Waals surface area (Å²) in [5, 5.41) is 3.77. The molecule has 4 heterocycles. The van der Waals surface area contributed by atoms with E-state index in [-0.39, 0.29) is 17.1 Å². The zero-order valence-corrected chi connectivity index (χ0v) is 17.0. The molecule has 2 aliphatic rings. The van der Waals surface area contributed by atoms with Gasteiger partial charge in [-0.05, 0) is 37.0 Å². The SMILES string of the molecule is Cn1cc(C(=O)N2CC[C@H]3OCCC[C@]3(COCc3ccncc3)C2)c(C(F)F)n1. The Morgan fingerprint density at radius 1 is 1.40 bits per heavy atom. The lowest BCUT2D eigenvalue weighted by Gasteiger charge is -2.50. The molecule has 2 fully saturated rings. The summed E-state index contributed by atoms with van der Waals surface area (Å²) in [7, 11) is 1.54. The first-order valence-electron chi connectivity index (χ1n) is 10.2. The van der Waals surface area contributed by atoms with Crippen molar-refractivity contribution in [1.82, 2.24) is 19.7 Å². The topological polar surface area (TPSA) is 69.5 Å². The van der Waals surface area contributed by atoms with Gasteiger partial charge in [0.25, 0.3) is 12.3 Å². The first-order valence-corrected chi connectivity index (χ1v) is 10.2. The number of ether oxygens (including phenoxy) is 2. The fraction of sp³-hybridized carbons (Fsp3) is 0.571. The number of rotatable bonds is 6. The minimum atomic E-state index is -2.79. The number of aromatic nitrogens is 3. The van der Waals surface area contributed by atoms with Crippen LogP contribution < -0.4 is 0 Å². The Hall–Kier alpha value is -2.39. The van der Waals surface area contributed by atoms with Gasteiger partial charge in [-0.3, -0.25) is 14.5 Å². The Morgan fingerprint density at radius 2 is 2.20 bits per heavy atom. The van der Waals surface area contributed by atoms with E-state index >= 15 is 0 Å². The number of halogens is 2. The minimum absolute atomic E-state index is 0.00351. The number of hydrogen-bond acceptors (Lipinski definition) is 5. The summed E-state index contributed by atoms with van der Waals surface area (Å²) >= 11 is 0. The molecule has 2 aromatic rings. The minimum Gasteiger partial charge on any atom is -0.377 e. The zero-order chi connectivity index (χ0) is 21.1. The fourth-order valence-electron chi connectivity index (χ4n) is 4.53. The summed E-state index contributed by atoms with van der Waals surface area (Å²) in [6.45, 7) is 2.47. The first kappa shape index (κ1) is 20.9. The van der Waals surface area contributed by atoms with Crippen molar-refractivity contribution in [2.24, 2.45) is 12.5 Å². The molecule has 0 bridgehead atoms.